The molecule has 8 heteroatoms. The Kier molecular flexibility index (Phi) is 33.5. The number of hydrogen-bond donors (Lipinski definition) is 0. The number of hydrogen-bond acceptors (Lipinski definition) is 7. The zero-order valence-electron chi connectivity index (χ0n) is 34.0. The predicted octanol–water partition coefficient (Wildman–Crippen LogP) is 9.52. The standard InChI is InChI=1S/C44H77NO7/c1-6-8-10-12-14-16-18-19-20-21-22-23-25-27-29-31-33-35-43(47)52-40(38-50-37-36-41(44(48)49)45(3,4)5)39-51-42(46)34-32-30-28-26-24-17-15-13-11-9-7-2/h13,15,19-20,22-23,27,29,40-41H,6-12,14,16-18,21,24-26,28,30-39H2,1-5H3/b15-13+,20-19+,23-22+,29-27+. The summed E-state index contributed by atoms with van der Waals surface area (Å²) in [6.07, 6.45) is 40.0. The smallest absolute Gasteiger partial charge is 0.306 e. The molecule has 0 aliphatic carbocycles. The maximum absolute atomic E-state index is 12.7. The third kappa shape index (κ3) is 33.1. The first-order chi connectivity index (χ1) is 25.1. The summed E-state index contributed by atoms with van der Waals surface area (Å²) in [5, 5.41) is 11.6. The summed E-state index contributed by atoms with van der Waals surface area (Å²) in [6.45, 7) is 4.54. The van der Waals surface area contributed by atoms with Crippen LogP contribution in [-0.2, 0) is 28.6 Å². The molecule has 0 aromatic rings. The highest BCUT2D eigenvalue weighted by atomic mass is 16.6. The molecule has 0 fully saturated rings. The number of carboxylic acid groups (broad SMARTS) is 1. The molecule has 52 heavy (non-hydrogen) atoms. The molecular formula is C44H77NO7. The Bertz CT molecular complexity index is 995. The summed E-state index contributed by atoms with van der Waals surface area (Å²) in [6, 6.07) is -0.735. The molecule has 0 saturated carbocycles. The van der Waals surface area contributed by atoms with Gasteiger partial charge in [0.1, 0.15) is 12.6 Å². The maximum atomic E-state index is 12.7. The van der Waals surface area contributed by atoms with Crippen molar-refractivity contribution in [2.45, 2.75) is 174 Å². The number of carbonyl (C=O) groups is 3. The van der Waals surface area contributed by atoms with Gasteiger partial charge in [0.25, 0.3) is 0 Å². The monoisotopic (exact) mass is 732 g/mol. The fraction of sp³-hybridized carbons (Fsp3) is 0.750. The van der Waals surface area contributed by atoms with Crippen molar-refractivity contribution in [2.75, 3.05) is 41.0 Å². The van der Waals surface area contributed by atoms with E-state index < -0.39 is 18.1 Å². The van der Waals surface area contributed by atoms with Crippen molar-refractivity contribution >= 4 is 17.9 Å². The van der Waals surface area contributed by atoms with Crippen LogP contribution in [0.3, 0.4) is 0 Å². The molecule has 0 amide bonds. The van der Waals surface area contributed by atoms with Crippen LogP contribution >= 0.6 is 0 Å². The van der Waals surface area contributed by atoms with Crippen LogP contribution in [0.5, 0.6) is 0 Å². The Balaban J connectivity index is 4.48. The lowest BCUT2D eigenvalue weighted by molar-refractivity contribution is -0.889. The number of likely N-dealkylation sites (N-methyl/N-ethyl adjacent to an activating group) is 1. The quantitative estimate of drug-likeness (QED) is 0.0274. The van der Waals surface area contributed by atoms with Crippen molar-refractivity contribution in [3.8, 4) is 0 Å². The number of nitrogens with zero attached hydrogens (tertiary/aromatic N) is 1. The molecule has 0 aromatic carbocycles. The van der Waals surface area contributed by atoms with Crippen molar-refractivity contribution < 1.29 is 38.2 Å². The lowest BCUT2D eigenvalue weighted by Crippen LogP contribution is -2.55. The van der Waals surface area contributed by atoms with E-state index in [1.165, 1.54) is 64.2 Å². The molecule has 0 N–H and O–H groups in total. The van der Waals surface area contributed by atoms with Crippen molar-refractivity contribution in [2.24, 2.45) is 0 Å². The number of allylic oxidation sites excluding steroid dienone is 8. The number of quaternary nitrogens is 1. The van der Waals surface area contributed by atoms with Gasteiger partial charge in [0.05, 0.1) is 40.3 Å². The average molecular weight is 732 g/mol. The summed E-state index contributed by atoms with van der Waals surface area (Å²) in [7, 11) is 5.38. The van der Waals surface area contributed by atoms with Crippen LogP contribution in [0.15, 0.2) is 48.6 Å². The van der Waals surface area contributed by atoms with Crippen LogP contribution in [-0.4, -0.2) is 75.5 Å². The molecule has 0 saturated heterocycles. The molecule has 0 aliphatic rings. The third-order valence-electron chi connectivity index (χ3n) is 8.94. The van der Waals surface area contributed by atoms with Crippen LogP contribution in [0, 0.1) is 0 Å². The Morgan fingerprint density at radius 1 is 0.577 bits per heavy atom. The van der Waals surface area contributed by atoms with E-state index >= 15 is 0 Å². The Labute approximate surface area is 318 Å². The number of carboxylic acids is 1. The number of esters is 2. The second-order valence-electron chi connectivity index (χ2n) is 14.9. The minimum atomic E-state index is -1.14. The van der Waals surface area contributed by atoms with E-state index in [9.17, 15) is 19.5 Å². The Morgan fingerprint density at radius 3 is 1.63 bits per heavy atom. The molecule has 0 rings (SSSR count). The van der Waals surface area contributed by atoms with Crippen molar-refractivity contribution in [3.05, 3.63) is 48.6 Å². The second kappa shape index (κ2) is 35.3. The fourth-order valence-electron chi connectivity index (χ4n) is 5.65. The third-order valence-corrected chi connectivity index (χ3v) is 8.94. The minimum Gasteiger partial charge on any atom is -0.544 e. The summed E-state index contributed by atoms with van der Waals surface area (Å²) < 4.78 is 17.0. The number of aliphatic carboxylic acids is 1. The first-order valence-electron chi connectivity index (χ1n) is 20.7. The van der Waals surface area contributed by atoms with Crippen molar-refractivity contribution in [1.82, 2.24) is 0 Å². The highest BCUT2D eigenvalue weighted by molar-refractivity contribution is 5.70. The Morgan fingerprint density at radius 2 is 1.06 bits per heavy atom. The summed E-state index contributed by atoms with van der Waals surface area (Å²) in [5.74, 6) is -1.82. The summed E-state index contributed by atoms with van der Waals surface area (Å²) in [5.41, 5.74) is 0. The van der Waals surface area contributed by atoms with Gasteiger partial charge in [-0.2, -0.15) is 0 Å². The second-order valence-corrected chi connectivity index (χ2v) is 14.9. The molecule has 2 unspecified atom stereocenters. The zero-order valence-corrected chi connectivity index (χ0v) is 34.0. The predicted molar refractivity (Wildman–Crippen MR) is 213 cm³/mol. The number of unbranched alkanes of at least 4 members (excludes halogenated alkanes) is 14. The normalized spacial score (nSPS) is 13.5. The molecule has 0 aromatic heterocycles. The van der Waals surface area contributed by atoms with E-state index in [4.69, 9.17) is 14.2 Å². The first-order valence-corrected chi connectivity index (χ1v) is 20.7. The van der Waals surface area contributed by atoms with Crippen LogP contribution in [0.4, 0.5) is 0 Å². The number of ether oxygens (including phenoxy) is 3. The van der Waals surface area contributed by atoms with Gasteiger partial charge in [-0.15, -0.1) is 0 Å². The van der Waals surface area contributed by atoms with Crippen LogP contribution in [0.2, 0.25) is 0 Å². The summed E-state index contributed by atoms with van der Waals surface area (Å²) in [4.78, 5) is 36.7. The van der Waals surface area contributed by atoms with E-state index in [2.05, 4.69) is 62.5 Å². The van der Waals surface area contributed by atoms with Gasteiger partial charge in [-0.3, -0.25) is 9.59 Å². The van der Waals surface area contributed by atoms with Crippen LogP contribution in [0.1, 0.15) is 162 Å². The van der Waals surface area contributed by atoms with Gasteiger partial charge in [0, 0.05) is 19.3 Å². The first kappa shape index (κ1) is 49.3. The highest BCUT2D eigenvalue weighted by Gasteiger charge is 2.25. The topological polar surface area (TPSA) is 102 Å². The molecule has 0 heterocycles. The lowest BCUT2D eigenvalue weighted by Gasteiger charge is -2.34. The molecule has 0 bridgehead atoms. The van der Waals surface area contributed by atoms with Gasteiger partial charge < -0.3 is 28.6 Å². The minimum absolute atomic E-state index is 0.0172. The van der Waals surface area contributed by atoms with E-state index in [0.717, 1.165) is 57.8 Å². The largest absolute Gasteiger partial charge is 0.544 e. The van der Waals surface area contributed by atoms with Crippen molar-refractivity contribution in [1.29, 1.82) is 0 Å². The van der Waals surface area contributed by atoms with E-state index in [0.29, 0.717) is 12.8 Å². The van der Waals surface area contributed by atoms with Gasteiger partial charge in [-0.1, -0.05) is 127 Å². The summed E-state index contributed by atoms with van der Waals surface area (Å²) >= 11 is 0. The molecular weight excluding hydrogens is 654 g/mol. The van der Waals surface area contributed by atoms with Crippen LogP contribution in [0.25, 0.3) is 0 Å². The zero-order chi connectivity index (χ0) is 38.5. The molecule has 0 radical (unpaired) electrons. The molecule has 0 spiro atoms. The maximum Gasteiger partial charge on any atom is 0.306 e. The van der Waals surface area contributed by atoms with Gasteiger partial charge in [-0.05, 0) is 64.2 Å². The average Bonchev–Trinajstić information content (AvgIpc) is 3.09. The molecule has 300 valence electrons. The van der Waals surface area contributed by atoms with Gasteiger partial charge in [0.15, 0.2) is 6.10 Å². The van der Waals surface area contributed by atoms with E-state index in [1.54, 1.807) is 21.1 Å². The highest BCUT2D eigenvalue weighted by Crippen LogP contribution is 2.12. The Hall–Kier alpha value is -2.71. The van der Waals surface area contributed by atoms with Crippen LogP contribution < -0.4 is 5.11 Å². The van der Waals surface area contributed by atoms with Gasteiger partial charge in [0.2, 0.25) is 0 Å². The molecule has 0 aliphatic heterocycles. The number of rotatable bonds is 36. The van der Waals surface area contributed by atoms with E-state index in [1.807, 2.05) is 0 Å². The van der Waals surface area contributed by atoms with Crippen molar-refractivity contribution in [3.63, 3.8) is 0 Å². The number of carbonyl (C=O) groups excluding carboxylic acids is 3. The molecule has 8 nitrogen and oxygen atoms in total. The fourth-order valence-corrected chi connectivity index (χ4v) is 5.65. The van der Waals surface area contributed by atoms with Gasteiger partial charge in [-0.25, -0.2) is 0 Å². The SMILES string of the molecule is CCCC/C=C/CCCCCCCC(=O)OCC(COCCC(C(=O)[O-])[N+](C)(C)C)OC(=O)CCC/C=C/C/C=C/C/C=C/CCCCCCCC. The van der Waals surface area contributed by atoms with Gasteiger partial charge >= 0.3 is 11.9 Å². The molecule has 2 atom stereocenters. The lowest BCUT2D eigenvalue weighted by atomic mass is 10.1. The van der Waals surface area contributed by atoms with E-state index in [-0.39, 0.29) is 49.1 Å².